The zero-order chi connectivity index (χ0) is 11.6. The van der Waals surface area contributed by atoms with Gasteiger partial charge in [-0.15, -0.1) is 0 Å². The minimum absolute atomic E-state index is 0.405. The molecule has 0 saturated carbocycles. The Morgan fingerprint density at radius 3 is 2.47 bits per heavy atom. The topological polar surface area (TPSA) is 26.0 Å². The van der Waals surface area contributed by atoms with Crippen molar-refractivity contribution >= 4 is 11.6 Å². The van der Waals surface area contributed by atoms with Gasteiger partial charge in [-0.25, -0.2) is 0 Å². The second-order valence-corrected chi connectivity index (χ2v) is 3.84. The lowest BCUT2D eigenvalue weighted by Gasteiger charge is -2.15. The first kappa shape index (κ1) is 12.3. The van der Waals surface area contributed by atoms with Crippen LogP contribution in [-0.2, 0) is 0 Å². The van der Waals surface area contributed by atoms with E-state index in [1.807, 2.05) is 0 Å². The molecule has 1 rings (SSSR count). The van der Waals surface area contributed by atoms with Crippen molar-refractivity contribution in [3.8, 4) is 0 Å². The molecule has 0 aromatic heterocycles. The molecule has 0 spiro atoms. The van der Waals surface area contributed by atoms with Gasteiger partial charge >= 0.3 is 6.18 Å². The first-order valence-electron chi connectivity index (χ1n) is 4.38. The lowest BCUT2D eigenvalue weighted by Crippen LogP contribution is -2.20. The first-order chi connectivity index (χ1) is 6.79. The van der Waals surface area contributed by atoms with Crippen LogP contribution in [0, 0.1) is 6.92 Å². The van der Waals surface area contributed by atoms with Gasteiger partial charge in [0, 0.05) is 11.1 Å². The molecule has 0 unspecified atom stereocenters. The SMILES string of the molecule is Cc1ccc([C@H](N)CC(F)(F)F)cc1Cl. The van der Waals surface area contributed by atoms with E-state index in [0.29, 0.717) is 10.6 Å². The molecule has 0 aliphatic carbocycles. The Labute approximate surface area is 91.0 Å². The average molecular weight is 238 g/mol. The van der Waals surface area contributed by atoms with Crippen molar-refractivity contribution < 1.29 is 13.2 Å². The number of nitrogens with two attached hydrogens (primary N) is 1. The van der Waals surface area contributed by atoms with Gasteiger partial charge in [-0.1, -0.05) is 23.7 Å². The molecule has 84 valence electrons. The fraction of sp³-hybridized carbons (Fsp3) is 0.400. The quantitative estimate of drug-likeness (QED) is 0.836. The number of alkyl halides is 3. The Morgan fingerprint density at radius 1 is 1.40 bits per heavy atom. The summed E-state index contributed by atoms with van der Waals surface area (Å²) in [4.78, 5) is 0. The molecule has 15 heavy (non-hydrogen) atoms. The highest BCUT2D eigenvalue weighted by atomic mass is 35.5. The molecule has 0 amide bonds. The summed E-state index contributed by atoms with van der Waals surface area (Å²) in [5.41, 5.74) is 6.65. The standard InChI is InChI=1S/C10H11ClF3N/c1-6-2-3-7(4-8(6)11)9(15)5-10(12,13)14/h2-4,9H,5,15H2,1H3/t9-/m1/s1. The number of aryl methyl sites for hydroxylation is 1. The summed E-state index contributed by atoms with van der Waals surface area (Å²) in [6, 6.07) is 3.65. The van der Waals surface area contributed by atoms with Crippen molar-refractivity contribution in [2.24, 2.45) is 5.73 Å². The Hall–Kier alpha value is -0.740. The lowest BCUT2D eigenvalue weighted by molar-refractivity contribution is -0.138. The largest absolute Gasteiger partial charge is 0.390 e. The second kappa shape index (κ2) is 4.41. The normalized spacial score (nSPS) is 14.0. The van der Waals surface area contributed by atoms with Crippen LogP contribution in [0.25, 0.3) is 0 Å². The average Bonchev–Trinajstić information content (AvgIpc) is 2.06. The van der Waals surface area contributed by atoms with E-state index >= 15 is 0 Å². The van der Waals surface area contributed by atoms with E-state index in [1.165, 1.54) is 6.07 Å². The second-order valence-electron chi connectivity index (χ2n) is 3.43. The van der Waals surface area contributed by atoms with Gasteiger partial charge in [-0.2, -0.15) is 13.2 Å². The van der Waals surface area contributed by atoms with E-state index in [0.717, 1.165) is 5.56 Å². The van der Waals surface area contributed by atoms with Crippen molar-refractivity contribution in [2.45, 2.75) is 25.6 Å². The molecule has 1 nitrogen and oxygen atoms in total. The molecule has 0 radical (unpaired) electrons. The molecule has 5 heteroatoms. The van der Waals surface area contributed by atoms with E-state index in [2.05, 4.69) is 0 Å². The van der Waals surface area contributed by atoms with E-state index < -0.39 is 18.6 Å². The molecule has 1 aromatic rings. The van der Waals surface area contributed by atoms with Gasteiger partial charge in [0.25, 0.3) is 0 Å². The van der Waals surface area contributed by atoms with Gasteiger partial charge < -0.3 is 5.73 Å². The molecule has 0 aliphatic heterocycles. The molecule has 0 aliphatic rings. The highest BCUT2D eigenvalue weighted by molar-refractivity contribution is 6.31. The Balaban J connectivity index is 2.83. The molecule has 0 heterocycles. The molecule has 1 atom stereocenters. The highest BCUT2D eigenvalue weighted by Crippen LogP contribution is 2.29. The maximum absolute atomic E-state index is 12.1. The van der Waals surface area contributed by atoms with Gasteiger partial charge in [0.2, 0.25) is 0 Å². The van der Waals surface area contributed by atoms with Gasteiger partial charge in [0.1, 0.15) is 0 Å². The van der Waals surface area contributed by atoms with Crippen LogP contribution < -0.4 is 5.73 Å². The van der Waals surface area contributed by atoms with Crippen molar-refractivity contribution in [3.63, 3.8) is 0 Å². The van der Waals surface area contributed by atoms with Crippen LogP contribution in [-0.4, -0.2) is 6.18 Å². The smallest absolute Gasteiger partial charge is 0.324 e. The highest BCUT2D eigenvalue weighted by Gasteiger charge is 2.30. The van der Waals surface area contributed by atoms with Gasteiger partial charge in [0.05, 0.1) is 6.42 Å². The van der Waals surface area contributed by atoms with Crippen molar-refractivity contribution in [2.75, 3.05) is 0 Å². The maximum Gasteiger partial charge on any atom is 0.390 e. The maximum atomic E-state index is 12.1. The van der Waals surface area contributed by atoms with Crippen LogP contribution in [0.1, 0.15) is 23.6 Å². The predicted molar refractivity (Wildman–Crippen MR) is 53.8 cm³/mol. The molecule has 2 N–H and O–H groups in total. The Kier molecular flexibility index (Phi) is 3.62. The fourth-order valence-corrected chi connectivity index (χ4v) is 1.40. The summed E-state index contributed by atoms with van der Waals surface area (Å²) in [5.74, 6) is 0. The van der Waals surface area contributed by atoms with Crippen LogP contribution in [0.5, 0.6) is 0 Å². The van der Waals surface area contributed by atoms with Crippen LogP contribution in [0.15, 0.2) is 18.2 Å². The zero-order valence-corrected chi connectivity index (χ0v) is 8.86. The lowest BCUT2D eigenvalue weighted by atomic mass is 10.0. The molecular weight excluding hydrogens is 227 g/mol. The minimum Gasteiger partial charge on any atom is -0.324 e. The summed E-state index contributed by atoms with van der Waals surface area (Å²) >= 11 is 5.79. The molecule has 1 aromatic carbocycles. The van der Waals surface area contributed by atoms with Crippen molar-refractivity contribution in [1.29, 1.82) is 0 Å². The fourth-order valence-electron chi connectivity index (χ4n) is 1.21. The van der Waals surface area contributed by atoms with Gasteiger partial charge in [-0.3, -0.25) is 0 Å². The first-order valence-corrected chi connectivity index (χ1v) is 4.76. The summed E-state index contributed by atoms with van der Waals surface area (Å²) in [6.45, 7) is 1.78. The Morgan fingerprint density at radius 2 is 2.00 bits per heavy atom. The van der Waals surface area contributed by atoms with Gasteiger partial charge in [-0.05, 0) is 24.1 Å². The van der Waals surface area contributed by atoms with Crippen LogP contribution >= 0.6 is 11.6 Å². The monoisotopic (exact) mass is 237 g/mol. The van der Waals surface area contributed by atoms with E-state index in [1.54, 1.807) is 19.1 Å². The number of hydrogen-bond donors (Lipinski definition) is 1. The number of hydrogen-bond acceptors (Lipinski definition) is 1. The molecule has 0 fully saturated rings. The van der Waals surface area contributed by atoms with Crippen molar-refractivity contribution in [1.82, 2.24) is 0 Å². The van der Waals surface area contributed by atoms with Crippen LogP contribution in [0.2, 0.25) is 5.02 Å². The van der Waals surface area contributed by atoms with E-state index in [9.17, 15) is 13.2 Å². The van der Waals surface area contributed by atoms with Crippen molar-refractivity contribution in [3.05, 3.63) is 34.3 Å². The summed E-state index contributed by atoms with van der Waals surface area (Å²) < 4.78 is 36.2. The van der Waals surface area contributed by atoms with Crippen LogP contribution in [0.3, 0.4) is 0 Å². The third-order valence-electron chi connectivity index (χ3n) is 2.08. The van der Waals surface area contributed by atoms with E-state index in [-0.39, 0.29) is 0 Å². The number of halogens is 4. The third-order valence-corrected chi connectivity index (χ3v) is 2.48. The Bertz CT molecular complexity index is 349. The van der Waals surface area contributed by atoms with Crippen LogP contribution in [0.4, 0.5) is 13.2 Å². The van der Waals surface area contributed by atoms with Gasteiger partial charge in [0.15, 0.2) is 0 Å². The van der Waals surface area contributed by atoms with E-state index in [4.69, 9.17) is 17.3 Å². The third kappa shape index (κ3) is 3.72. The predicted octanol–water partition coefficient (Wildman–Crippen LogP) is 3.60. The molecular formula is C10H11ClF3N. The zero-order valence-electron chi connectivity index (χ0n) is 8.11. The number of rotatable bonds is 2. The number of benzene rings is 1. The summed E-state index contributed by atoms with van der Waals surface area (Å²) in [6.07, 6.45) is -5.29. The minimum atomic E-state index is -4.25. The molecule has 0 saturated heterocycles. The molecule has 0 bridgehead atoms. The summed E-state index contributed by atoms with van der Waals surface area (Å²) in [7, 11) is 0. The summed E-state index contributed by atoms with van der Waals surface area (Å²) in [5, 5.41) is 0.435.